The fourth-order valence-electron chi connectivity index (χ4n) is 2.69. The van der Waals surface area contributed by atoms with Crippen LogP contribution in [0.25, 0.3) is 5.57 Å². The zero-order valence-electron chi connectivity index (χ0n) is 16.2. The minimum Gasteiger partial charge on any atom is -0.324 e. The molecule has 0 atom stereocenters. The first-order valence-corrected chi connectivity index (χ1v) is 8.90. The number of aromatic nitrogens is 2. The second-order valence-electron chi connectivity index (χ2n) is 6.25. The van der Waals surface area contributed by atoms with Crippen molar-refractivity contribution in [1.82, 2.24) is 9.55 Å². The predicted octanol–water partition coefficient (Wildman–Crippen LogP) is 5.15. The minimum absolute atomic E-state index is 0.210. The Balaban J connectivity index is 0.000000357. The molecule has 3 rings (SSSR count). The Morgan fingerprint density at radius 1 is 0.968 bits per heavy atom. The summed E-state index contributed by atoms with van der Waals surface area (Å²) in [4.78, 5) is 3.75. The minimum atomic E-state index is -4.51. The Labute approximate surface area is 175 Å². The second kappa shape index (κ2) is 10.0. The number of imidazole rings is 1. The number of alkyl halides is 6. The zero-order chi connectivity index (χ0) is 23.1. The number of nitriles is 1. The third kappa shape index (κ3) is 6.78. The van der Waals surface area contributed by atoms with Crippen LogP contribution < -0.4 is 0 Å². The van der Waals surface area contributed by atoms with Crippen LogP contribution in [0.15, 0.2) is 73.2 Å². The average Bonchev–Trinajstić information content (AvgIpc) is 3.22. The van der Waals surface area contributed by atoms with E-state index in [0.717, 1.165) is 24.3 Å². The smallest absolute Gasteiger partial charge is 0.324 e. The highest BCUT2D eigenvalue weighted by Crippen LogP contribution is 2.34. The summed E-state index contributed by atoms with van der Waals surface area (Å²) >= 11 is 0. The second-order valence-corrected chi connectivity index (χ2v) is 6.25. The van der Waals surface area contributed by atoms with Gasteiger partial charge in [-0.25, -0.2) is 4.98 Å². The van der Waals surface area contributed by atoms with Gasteiger partial charge in [-0.2, -0.15) is 31.6 Å². The first-order valence-electron chi connectivity index (χ1n) is 8.90. The fourth-order valence-corrected chi connectivity index (χ4v) is 2.69. The molecule has 31 heavy (non-hydrogen) atoms. The lowest BCUT2D eigenvalue weighted by molar-refractivity contribution is -0.138. The van der Waals surface area contributed by atoms with E-state index in [1.54, 1.807) is 31.1 Å². The van der Waals surface area contributed by atoms with Gasteiger partial charge in [0.15, 0.2) is 0 Å². The molecule has 1 heterocycles. The molecule has 0 spiro atoms. The summed E-state index contributed by atoms with van der Waals surface area (Å²) in [5.74, 6) is 1.49. The van der Waals surface area contributed by atoms with Crippen molar-refractivity contribution in [3.63, 3.8) is 0 Å². The molecule has 3 nitrogen and oxygen atoms in total. The Hall–Kier alpha value is -3.48. The molecule has 0 radical (unpaired) electrons. The number of benzene rings is 2. The van der Waals surface area contributed by atoms with Crippen molar-refractivity contribution < 1.29 is 26.3 Å². The SMILES string of the molecule is BC=C(c1cccc(C(F)(F)F)c1)c1cccc(C(F)(F)F)c1.N#CCn1ccnc1. The van der Waals surface area contributed by atoms with Gasteiger partial charge in [-0.15, -0.1) is 5.98 Å². The van der Waals surface area contributed by atoms with Crippen LogP contribution >= 0.6 is 0 Å². The van der Waals surface area contributed by atoms with E-state index in [4.69, 9.17) is 5.26 Å². The summed E-state index contributed by atoms with van der Waals surface area (Å²) in [5, 5.41) is 8.14. The van der Waals surface area contributed by atoms with E-state index in [2.05, 4.69) is 4.98 Å². The van der Waals surface area contributed by atoms with Crippen molar-refractivity contribution in [2.75, 3.05) is 0 Å². The van der Waals surface area contributed by atoms with Gasteiger partial charge in [-0.05, 0) is 41.0 Å². The highest BCUT2D eigenvalue weighted by atomic mass is 19.4. The van der Waals surface area contributed by atoms with E-state index >= 15 is 0 Å². The van der Waals surface area contributed by atoms with Gasteiger partial charge in [-0.1, -0.05) is 24.3 Å². The average molecular weight is 435 g/mol. The standard InChI is InChI=1S/C16H11BF6.C5H5N3/c17-9-14(10-3-1-5-12(7-10)15(18,19)20)11-4-2-6-13(8-11)16(21,22)23;6-1-3-8-4-2-7-5-8/h1-9H,17H2;2,4-5H,3H2. The van der Waals surface area contributed by atoms with E-state index in [9.17, 15) is 26.3 Å². The van der Waals surface area contributed by atoms with Crippen LogP contribution in [-0.2, 0) is 18.9 Å². The number of halogens is 6. The molecule has 0 N–H and O–H groups in total. The third-order valence-corrected chi connectivity index (χ3v) is 4.10. The summed E-state index contributed by atoms with van der Waals surface area (Å²) < 4.78 is 78.4. The highest BCUT2D eigenvalue weighted by molar-refractivity contribution is 6.21. The van der Waals surface area contributed by atoms with Gasteiger partial charge in [0, 0.05) is 12.4 Å². The summed E-state index contributed by atoms with van der Waals surface area (Å²) in [5.41, 5.74) is -0.965. The Bertz CT molecular complexity index is 1000. The van der Waals surface area contributed by atoms with Gasteiger partial charge in [0.1, 0.15) is 14.4 Å². The van der Waals surface area contributed by atoms with Crippen molar-refractivity contribution in [3.8, 4) is 6.07 Å². The maximum absolute atomic E-state index is 12.8. The largest absolute Gasteiger partial charge is 0.416 e. The van der Waals surface area contributed by atoms with Crippen LogP contribution in [0.5, 0.6) is 0 Å². The molecule has 0 aliphatic carbocycles. The number of rotatable bonds is 3. The molecule has 0 unspecified atom stereocenters. The van der Waals surface area contributed by atoms with Gasteiger partial charge in [0.2, 0.25) is 0 Å². The van der Waals surface area contributed by atoms with E-state index < -0.39 is 23.5 Å². The van der Waals surface area contributed by atoms with Gasteiger partial charge >= 0.3 is 12.4 Å². The molecule has 160 valence electrons. The zero-order valence-corrected chi connectivity index (χ0v) is 16.2. The first kappa shape index (κ1) is 23.8. The van der Waals surface area contributed by atoms with Crippen molar-refractivity contribution in [1.29, 1.82) is 5.26 Å². The predicted molar refractivity (Wildman–Crippen MR) is 106 cm³/mol. The lowest BCUT2D eigenvalue weighted by atomic mass is 9.90. The Morgan fingerprint density at radius 2 is 1.48 bits per heavy atom. The molecule has 10 heteroatoms. The van der Waals surface area contributed by atoms with Crippen molar-refractivity contribution in [3.05, 3.63) is 95.5 Å². The van der Waals surface area contributed by atoms with Crippen LogP contribution in [0, 0.1) is 11.3 Å². The van der Waals surface area contributed by atoms with Gasteiger partial charge < -0.3 is 4.57 Å². The molecule has 0 aliphatic heterocycles. The maximum atomic E-state index is 12.8. The summed E-state index contributed by atoms with van der Waals surface area (Å²) in [6.07, 6.45) is -4.00. The molecule has 0 fully saturated rings. The molecular weight excluding hydrogens is 419 g/mol. The third-order valence-electron chi connectivity index (χ3n) is 4.10. The summed E-state index contributed by atoms with van der Waals surface area (Å²) in [7, 11) is 1.57. The molecular formula is C21H16BF6N3. The molecule has 0 saturated heterocycles. The van der Waals surface area contributed by atoms with Crippen LogP contribution in [0.2, 0.25) is 0 Å². The summed E-state index contributed by atoms with van der Waals surface area (Å²) in [6, 6.07) is 11.0. The Morgan fingerprint density at radius 3 is 1.84 bits per heavy atom. The lowest BCUT2D eigenvalue weighted by Crippen LogP contribution is -2.06. The molecule has 0 saturated carbocycles. The van der Waals surface area contributed by atoms with Crippen LogP contribution in [0.1, 0.15) is 22.3 Å². The lowest BCUT2D eigenvalue weighted by Gasteiger charge is -2.14. The molecule has 2 aromatic carbocycles. The van der Waals surface area contributed by atoms with E-state index in [1.165, 1.54) is 30.2 Å². The van der Waals surface area contributed by atoms with Crippen LogP contribution in [0.4, 0.5) is 26.3 Å². The normalized spacial score (nSPS) is 11.1. The molecule has 0 bridgehead atoms. The number of hydrogen-bond donors (Lipinski definition) is 0. The van der Waals surface area contributed by atoms with Crippen molar-refractivity contribution in [2.45, 2.75) is 18.9 Å². The molecule has 3 aromatic rings. The molecule has 0 amide bonds. The monoisotopic (exact) mass is 435 g/mol. The number of hydrogen-bond acceptors (Lipinski definition) is 2. The van der Waals surface area contributed by atoms with Crippen LogP contribution in [0.3, 0.4) is 0 Å². The topological polar surface area (TPSA) is 41.6 Å². The highest BCUT2D eigenvalue weighted by Gasteiger charge is 2.32. The van der Waals surface area contributed by atoms with Crippen molar-refractivity contribution in [2.24, 2.45) is 0 Å². The summed E-state index contributed by atoms with van der Waals surface area (Å²) in [6.45, 7) is 0.389. The van der Waals surface area contributed by atoms with Gasteiger partial charge in [0.05, 0.1) is 23.5 Å². The van der Waals surface area contributed by atoms with Gasteiger partial charge in [0.25, 0.3) is 0 Å². The van der Waals surface area contributed by atoms with E-state index in [-0.39, 0.29) is 11.1 Å². The fraction of sp³-hybridized carbons (Fsp3) is 0.143. The van der Waals surface area contributed by atoms with E-state index in [0.29, 0.717) is 12.1 Å². The van der Waals surface area contributed by atoms with E-state index in [1.807, 2.05) is 6.07 Å². The van der Waals surface area contributed by atoms with Crippen LogP contribution in [-0.4, -0.2) is 17.4 Å². The quantitative estimate of drug-likeness (QED) is 0.422. The molecule has 1 aromatic heterocycles. The first-order chi connectivity index (χ1) is 14.6. The maximum Gasteiger partial charge on any atom is 0.416 e. The number of nitrogens with zero attached hydrogens (tertiary/aromatic N) is 3. The van der Waals surface area contributed by atoms with Crippen molar-refractivity contribution >= 4 is 13.4 Å². The van der Waals surface area contributed by atoms with Gasteiger partial charge in [-0.3, -0.25) is 0 Å². The molecule has 0 aliphatic rings. The Kier molecular flexibility index (Phi) is 7.69.